The van der Waals surface area contributed by atoms with E-state index in [2.05, 4.69) is 24.7 Å². The molecule has 2 aromatic heterocycles. The molecule has 40 heavy (non-hydrogen) atoms. The Labute approximate surface area is 238 Å². The zero-order valence-electron chi connectivity index (χ0n) is 22.6. The van der Waals surface area contributed by atoms with Crippen molar-refractivity contribution in [2.75, 3.05) is 53.1 Å². The number of benzene rings is 1. The molecule has 2 saturated heterocycles. The standard InChI is InChI=1S/C28H35FN6O3S2/c1-19-16-20(17-25(30-19)35-10-4-21(29)5-11-35)26-31-32-27(39-26)23-3-2-22(33-40(37,38)15-14-36)18-24(23)34-12-8-28(6-7-28)9-13-34/h2-3,16-18,21,33,36H,4-15H2,1H3. The van der Waals surface area contributed by atoms with Crippen LogP contribution >= 0.6 is 11.3 Å². The summed E-state index contributed by atoms with van der Waals surface area (Å²) in [5.74, 6) is 0.482. The van der Waals surface area contributed by atoms with E-state index in [1.54, 1.807) is 6.07 Å². The van der Waals surface area contributed by atoms with Crippen LogP contribution in [0.3, 0.4) is 0 Å². The largest absolute Gasteiger partial charge is 0.395 e. The highest BCUT2D eigenvalue weighted by Crippen LogP contribution is 2.54. The van der Waals surface area contributed by atoms with Crippen molar-refractivity contribution >= 4 is 38.6 Å². The molecule has 3 fully saturated rings. The van der Waals surface area contributed by atoms with E-state index >= 15 is 0 Å². The second-order valence-corrected chi connectivity index (χ2v) is 14.1. The van der Waals surface area contributed by atoms with Crippen LogP contribution in [0.15, 0.2) is 30.3 Å². The molecular weight excluding hydrogens is 551 g/mol. The number of nitrogens with one attached hydrogen (secondary N) is 1. The minimum atomic E-state index is -3.65. The van der Waals surface area contributed by atoms with Crippen molar-refractivity contribution in [2.45, 2.75) is 51.6 Å². The van der Waals surface area contributed by atoms with Crippen molar-refractivity contribution in [3.05, 3.63) is 36.0 Å². The maximum absolute atomic E-state index is 13.7. The van der Waals surface area contributed by atoms with Gasteiger partial charge < -0.3 is 14.9 Å². The zero-order valence-corrected chi connectivity index (χ0v) is 24.3. The summed E-state index contributed by atoms with van der Waals surface area (Å²) < 4.78 is 41.0. The Morgan fingerprint density at radius 3 is 2.45 bits per heavy atom. The lowest BCUT2D eigenvalue weighted by Crippen LogP contribution is -2.35. The fraction of sp³-hybridized carbons (Fsp3) is 0.536. The Kier molecular flexibility index (Phi) is 7.43. The van der Waals surface area contributed by atoms with Crippen LogP contribution in [0.5, 0.6) is 0 Å². The van der Waals surface area contributed by atoms with Crippen molar-refractivity contribution in [1.29, 1.82) is 0 Å². The van der Waals surface area contributed by atoms with Crippen LogP contribution in [-0.4, -0.2) is 73.4 Å². The van der Waals surface area contributed by atoms with E-state index in [-0.39, 0.29) is 5.75 Å². The summed E-state index contributed by atoms with van der Waals surface area (Å²) in [6.45, 7) is 4.63. The summed E-state index contributed by atoms with van der Waals surface area (Å²) in [6.07, 6.45) is 5.15. The molecule has 0 unspecified atom stereocenters. The minimum Gasteiger partial charge on any atom is -0.395 e. The van der Waals surface area contributed by atoms with E-state index in [9.17, 15) is 12.8 Å². The third-order valence-corrected chi connectivity index (χ3v) is 10.6. The molecule has 4 heterocycles. The first kappa shape index (κ1) is 27.3. The van der Waals surface area contributed by atoms with E-state index in [0.29, 0.717) is 37.0 Å². The fourth-order valence-electron chi connectivity index (χ4n) is 5.75. The van der Waals surface area contributed by atoms with E-state index < -0.39 is 22.8 Å². The Morgan fingerprint density at radius 1 is 1.02 bits per heavy atom. The summed E-state index contributed by atoms with van der Waals surface area (Å²) in [5, 5.41) is 19.8. The third kappa shape index (κ3) is 5.94. The van der Waals surface area contributed by atoms with Gasteiger partial charge in [0.1, 0.15) is 22.0 Å². The Balaban J connectivity index is 1.31. The number of pyridine rings is 1. The van der Waals surface area contributed by atoms with Crippen LogP contribution in [0, 0.1) is 12.3 Å². The molecule has 1 saturated carbocycles. The highest BCUT2D eigenvalue weighted by Gasteiger charge is 2.44. The number of aliphatic hydroxyl groups is 1. The van der Waals surface area contributed by atoms with Gasteiger partial charge in [0.15, 0.2) is 0 Å². The Morgan fingerprint density at radius 2 is 1.75 bits per heavy atom. The van der Waals surface area contributed by atoms with Crippen molar-refractivity contribution in [2.24, 2.45) is 5.41 Å². The van der Waals surface area contributed by atoms with E-state index in [1.807, 2.05) is 31.2 Å². The molecule has 0 amide bonds. The molecule has 0 atom stereocenters. The lowest BCUT2D eigenvalue weighted by Gasteiger charge is -2.35. The lowest BCUT2D eigenvalue weighted by atomic mass is 9.93. The summed E-state index contributed by atoms with van der Waals surface area (Å²) in [6, 6.07) is 9.52. The predicted molar refractivity (Wildman–Crippen MR) is 157 cm³/mol. The van der Waals surface area contributed by atoms with Crippen LogP contribution < -0.4 is 14.5 Å². The quantitative estimate of drug-likeness (QED) is 0.393. The van der Waals surface area contributed by atoms with Crippen LogP contribution in [0.4, 0.5) is 21.6 Å². The maximum atomic E-state index is 13.7. The monoisotopic (exact) mass is 586 g/mol. The first-order valence-corrected chi connectivity index (χ1v) is 16.4. The molecule has 0 bridgehead atoms. The number of anilines is 3. The number of rotatable bonds is 8. The van der Waals surface area contributed by atoms with Gasteiger partial charge in [0.2, 0.25) is 10.0 Å². The number of aryl methyl sites for hydroxylation is 1. The number of alkyl halides is 1. The number of aromatic nitrogens is 3. The predicted octanol–water partition coefficient (Wildman–Crippen LogP) is 4.63. The first-order valence-electron chi connectivity index (χ1n) is 13.9. The van der Waals surface area contributed by atoms with E-state index in [4.69, 9.17) is 10.1 Å². The molecule has 1 spiro atoms. The number of nitrogens with zero attached hydrogens (tertiary/aromatic N) is 5. The van der Waals surface area contributed by atoms with Gasteiger partial charge in [-0.1, -0.05) is 11.3 Å². The Hall–Kier alpha value is -2.83. The van der Waals surface area contributed by atoms with Gasteiger partial charge in [-0.3, -0.25) is 4.72 Å². The molecule has 3 aromatic rings. The van der Waals surface area contributed by atoms with Crippen molar-refractivity contribution in [1.82, 2.24) is 15.2 Å². The first-order chi connectivity index (χ1) is 19.2. The molecule has 2 N–H and O–H groups in total. The molecule has 9 nitrogen and oxygen atoms in total. The van der Waals surface area contributed by atoms with E-state index in [0.717, 1.165) is 64.3 Å². The molecule has 3 aliphatic rings. The van der Waals surface area contributed by atoms with Gasteiger partial charge in [0.05, 0.1) is 18.0 Å². The summed E-state index contributed by atoms with van der Waals surface area (Å²) in [7, 11) is -3.65. The fourth-order valence-corrected chi connectivity index (χ4v) is 7.44. The molecule has 12 heteroatoms. The number of aliphatic hydroxyl groups excluding tert-OH is 1. The summed E-state index contributed by atoms with van der Waals surface area (Å²) in [5.41, 5.74) is 4.62. The summed E-state index contributed by atoms with van der Waals surface area (Å²) >= 11 is 1.49. The zero-order chi connectivity index (χ0) is 27.9. The van der Waals surface area contributed by atoms with Gasteiger partial charge >= 0.3 is 0 Å². The molecule has 214 valence electrons. The third-order valence-electron chi connectivity index (χ3n) is 8.34. The van der Waals surface area contributed by atoms with Gasteiger partial charge in [-0.15, -0.1) is 10.2 Å². The average molecular weight is 587 g/mol. The second-order valence-electron chi connectivity index (χ2n) is 11.3. The van der Waals surface area contributed by atoms with Crippen molar-refractivity contribution in [3.63, 3.8) is 0 Å². The average Bonchev–Trinajstić information content (AvgIpc) is 3.49. The van der Waals surface area contributed by atoms with Gasteiger partial charge in [0, 0.05) is 48.7 Å². The van der Waals surface area contributed by atoms with Gasteiger partial charge in [-0.05, 0) is 81.2 Å². The maximum Gasteiger partial charge on any atom is 0.234 e. The molecule has 1 aliphatic carbocycles. The number of halogens is 1. The molecule has 2 aliphatic heterocycles. The highest BCUT2D eigenvalue weighted by molar-refractivity contribution is 7.92. The van der Waals surface area contributed by atoms with Gasteiger partial charge in [-0.25, -0.2) is 17.8 Å². The van der Waals surface area contributed by atoms with Gasteiger partial charge in [0.25, 0.3) is 0 Å². The highest BCUT2D eigenvalue weighted by atomic mass is 32.2. The second kappa shape index (κ2) is 10.9. The van der Waals surface area contributed by atoms with Crippen LogP contribution in [0.1, 0.15) is 44.2 Å². The SMILES string of the molecule is Cc1cc(-c2nnc(-c3ccc(NS(=O)(=O)CCO)cc3N3CCC4(CC3)CC4)s2)cc(N2CCC(F)CC2)n1. The van der Waals surface area contributed by atoms with E-state index in [1.165, 1.54) is 24.2 Å². The molecule has 1 aromatic carbocycles. The lowest BCUT2D eigenvalue weighted by molar-refractivity contribution is 0.276. The summed E-state index contributed by atoms with van der Waals surface area (Å²) in [4.78, 5) is 9.16. The Bertz CT molecular complexity index is 1470. The number of hydrogen-bond acceptors (Lipinski definition) is 9. The number of sulfonamides is 1. The molecule has 6 rings (SSSR count). The smallest absolute Gasteiger partial charge is 0.234 e. The van der Waals surface area contributed by atoms with Crippen molar-refractivity contribution in [3.8, 4) is 21.1 Å². The van der Waals surface area contributed by atoms with Crippen LogP contribution in [-0.2, 0) is 10.0 Å². The molecular formula is C28H35FN6O3S2. The topological polar surface area (TPSA) is 112 Å². The van der Waals surface area contributed by atoms with Gasteiger partial charge in [-0.2, -0.15) is 0 Å². The normalized spacial score (nSPS) is 19.3. The van der Waals surface area contributed by atoms with Crippen molar-refractivity contribution < 1.29 is 17.9 Å². The van der Waals surface area contributed by atoms with Crippen LogP contribution in [0.25, 0.3) is 21.1 Å². The number of hydrogen-bond donors (Lipinski definition) is 2. The minimum absolute atomic E-state index is 0.352. The van der Waals surface area contributed by atoms with Crippen LogP contribution in [0.2, 0.25) is 0 Å². The molecule has 0 radical (unpaired) electrons. The number of piperidine rings is 2.